The molecular formula is C14H12Cl3N. The highest BCUT2D eigenvalue weighted by Gasteiger charge is 2.09. The summed E-state index contributed by atoms with van der Waals surface area (Å²) in [5.74, 6) is 0. The zero-order chi connectivity index (χ0) is 13.1. The van der Waals surface area contributed by atoms with Gasteiger partial charge in [0.05, 0.1) is 10.0 Å². The van der Waals surface area contributed by atoms with Gasteiger partial charge in [0.2, 0.25) is 0 Å². The van der Waals surface area contributed by atoms with E-state index in [1.54, 1.807) is 12.1 Å². The molecule has 0 radical (unpaired) electrons. The van der Waals surface area contributed by atoms with Crippen LogP contribution in [0.25, 0.3) is 11.1 Å². The van der Waals surface area contributed by atoms with Crippen molar-refractivity contribution >= 4 is 34.8 Å². The Hall–Kier alpha value is -0.730. The summed E-state index contributed by atoms with van der Waals surface area (Å²) in [4.78, 5) is 0. The summed E-state index contributed by atoms with van der Waals surface area (Å²) in [6.07, 6.45) is 0. The summed E-state index contributed by atoms with van der Waals surface area (Å²) in [6.45, 7) is 0.836. The van der Waals surface area contributed by atoms with Gasteiger partial charge in [-0.1, -0.05) is 59.1 Å². The lowest BCUT2D eigenvalue weighted by Gasteiger charge is -2.09. The Kier molecular flexibility index (Phi) is 4.52. The zero-order valence-corrected chi connectivity index (χ0v) is 12.1. The van der Waals surface area contributed by atoms with E-state index < -0.39 is 0 Å². The molecule has 1 N–H and O–H groups in total. The van der Waals surface area contributed by atoms with Crippen LogP contribution in [0.1, 0.15) is 5.56 Å². The van der Waals surface area contributed by atoms with Crippen molar-refractivity contribution in [1.29, 1.82) is 0 Å². The van der Waals surface area contributed by atoms with Gasteiger partial charge in [-0.15, -0.1) is 0 Å². The molecule has 2 aromatic rings. The second-order valence-electron chi connectivity index (χ2n) is 3.97. The topological polar surface area (TPSA) is 12.0 Å². The van der Waals surface area contributed by atoms with Crippen molar-refractivity contribution in [2.24, 2.45) is 0 Å². The first kappa shape index (κ1) is 13.7. The SMILES string of the molecule is CNCc1ccc(-c2c(Cl)cc(Cl)cc2Cl)cc1. The molecule has 0 aliphatic heterocycles. The van der Waals surface area contributed by atoms with Crippen LogP contribution in [-0.2, 0) is 6.54 Å². The second kappa shape index (κ2) is 5.94. The first-order valence-corrected chi connectivity index (χ1v) is 6.63. The largest absolute Gasteiger partial charge is 0.316 e. The van der Waals surface area contributed by atoms with E-state index in [2.05, 4.69) is 5.32 Å². The lowest BCUT2D eigenvalue weighted by atomic mass is 10.0. The molecule has 4 heteroatoms. The quantitative estimate of drug-likeness (QED) is 0.838. The minimum Gasteiger partial charge on any atom is -0.316 e. The molecule has 1 nitrogen and oxygen atoms in total. The number of benzene rings is 2. The highest BCUT2D eigenvalue weighted by molar-refractivity contribution is 6.41. The van der Waals surface area contributed by atoms with Gasteiger partial charge < -0.3 is 5.32 Å². The summed E-state index contributed by atoms with van der Waals surface area (Å²) in [7, 11) is 1.92. The molecule has 0 amide bonds. The molecule has 0 aromatic heterocycles. The van der Waals surface area contributed by atoms with Gasteiger partial charge in [0, 0.05) is 17.1 Å². The average molecular weight is 301 g/mol. The van der Waals surface area contributed by atoms with Crippen molar-refractivity contribution in [3.8, 4) is 11.1 Å². The van der Waals surface area contributed by atoms with E-state index in [0.717, 1.165) is 17.7 Å². The van der Waals surface area contributed by atoms with Gasteiger partial charge in [0.15, 0.2) is 0 Å². The fourth-order valence-corrected chi connectivity index (χ4v) is 2.85. The predicted molar refractivity (Wildman–Crippen MR) is 79.7 cm³/mol. The van der Waals surface area contributed by atoms with Crippen molar-refractivity contribution in [1.82, 2.24) is 5.32 Å². The Labute approximate surface area is 122 Å². The first-order chi connectivity index (χ1) is 8.61. The van der Waals surface area contributed by atoms with Crippen LogP contribution in [-0.4, -0.2) is 7.05 Å². The number of hydrogen-bond donors (Lipinski definition) is 1. The van der Waals surface area contributed by atoms with Gasteiger partial charge in [-0.2, -0.15) is 0 Å². The summed E-state index contributed by atoms with van der Waals surface area (Å²) in [6, 6.07) is 11.5. The van der Waals surface area contributed by atoms with Crippen LogP contribution in [0.2, 0.25) is 15.1 Å². The van der Waals surface area contributed by atoms with Crippen LogP contribution in [0.4, 0.5) is 0 Å². The van der Waals surface area contributed by atoms with Crippen LogP contribution < -0.4 is 5.32 Å². The third kappa shape index (κ3) is 2.99. The van der Waals surface area contributed by atoms with Crippen LogP contribution in [0.5, 0.6) is 0 Å². The van der Waals surface area contributed by atoms with Crippen molar-refractivity contribution in [2.45, 2.75) is 6.54 Å². The smallest absolute Gasteiger partial charge is 0.0514 e. The summed E-state index contributed by atoms with van der Waals surface area (Å²) >= 11 is 18.3. The van der Waals surface area contributed by atoms with Crippen LogP contribution in [0.3, 0.4) is 0 Å². The monoisotopic (exact) mass is 299 g/mol. The van der Waals surface area contributed by atoms with Gasteiger partial charge >= 0.3 is 0 Å². The molecule has 0 spiro atoms. The van der Waals surface area contributed by atoms with E-state index in [1.807, 2.05) is 31.3 Å². The molecule has 94 valence electrons. The summed E-state index contributed by atoms with van der Waals surface area (Å²) in [5, 5.41) is 4.77. The van der Waals surface area contributed by atoms with Crippen molar-refractivity contribution in [3.05, 3.63) is 57.0 Å². The molecule has 0 aliphatic carbocycles. The Morgan fingerprint density at radius 3 is 2.00 bits per heavy atom. The maximum absolute atomic E-state index is 6.19. The maximum atomic E-state index is 6.19. The molecule has 0 saturated heterocycles. The van der Waals surface area contributed by atoms with Gasteiger partial charge in [-0.05, 0) is 30.3 Å². The lowest BCUT2D eigenvalue weighted by Crippen LogP contribution is -2.04. The molecule has 18 heavy (non-hydrogen) atoms. The average Bonchev–Trinajstić information content (AvgIpc) is 2.30. The highest BCUT2D eigenvalue weighted by Crippen LogP contribution is 2.37. The van der Waals surface area contributed by atoms with E-state index in [-0.39, 0.29) is 0 Å². The molecule has 0 bridgehead atoms. The maximum Gasteiger partial charge on any atom is 0.0514 e. The molecular weight excluding hydrogens is 289 g/mol. The zero-order valence-electron chi connectivity index (χ0n) is 9.81. The molecule has 2 aromatic carbocycles. The van der Waals surface area contributed by atoms with Crippen molar-refractivity contribution in [2.75, 3.05) is 7.05 Å². The van der Waals surface area contributed by atoms with Crippen LogP contribution >= 0.6 is 34.8 Å². The Morgan fingerprint density at radius 2 is 1.50 bits per heavy atom. The van der Waals surface area contributed by atoms with E-state index in [4.69, 9.17) is 34.8 Å². The van der Waals surface area contributed by atoms with Crippen molar-refractivity contribution < 1.29 is 0 Å². The number of rotatable bonds is 3. The van der Waals surface area contributed by atoms with Gasteiger partial charge in [0.25, 0.3) is 0 Å². The highest BCUT2D eigenvalue weighted by atomic mass is 35.5. The van der Waals surface area contributed by atoms with Crippen LogP contribution in [0.15, 0.2) is 36.4 Å². The molecule has 2 rings (SSSR count). The van der Waals surface area contributed by atoms with Gasteiger partial charge in [-0.25, -0.2) is 0 Å². The summed E-state index contributed by atoms with van der Waals surface area (Å²) < 4.78 is 0. The molecule has 0 aliphatic rings. The molecule has 0 fully saturated rings. The fourth-order valence-electron chi connectivity index (χ4n) is 1.81. The van der Waals surface area contributed by atoms with Crippen LogP contribution in [0, 0.1) is 0 Å². The number of hydrogen-bond acceptors (Lipinski definition) is 1. The minimum atomic E-state index is 0.542. The molecule has 0 atom stereocenters. The van der Waals surface area contributed by atoms with E-state index in [0.29, 0.717) is 15.1 Å². The normalized spacial score (nSPS) is 10.7. The third-order valence-corrected chi connectivity index (χ3v) is 3.44. The van der Waals surface area contributed by atoms with E-state index in [1.165, 1.54) is 5.56 Å². The minimum absolute atomic E-state index is 0.542. The standard InChI is InChI=1S/C14H12Cl3N/c1-18-8-9-2-4-10(5-3-9)14-12(16)6-11(15)7-13(14)17/h2-7,18H,8H2,1H3. The summed E-state index contributed by atoms with van der Waals surface area (Å²) in [5.41, 5.74) is 3.02. The van der Waals surface area contributed by atoms with E-state index in [9.17, 15) is 0 Å². The van der Waals surface area contributed by atoms with E-state index >= 15 is 0 Å². The fraction of sp³-hybridized carbons (Fsp3) is 0.143. The first-order valence-electron chi connectivity index (χ1n) is 5.50. The lowest BCUT2D eigenvalue weighted by molar-refractivity contribution is 0.818. The number of nitrogens with one attached hydrogen (secondary N) is 1. The predicted octanol–water partition coefficient (Wildman–Crippen LogP) is 5.03. The van der Waals surface area contributed by atoms with Gasteiger partial charge in [-0.3, -0.25) is 0 Å². The Balaban J connectivity index is 2.42. The Bertz CT molecular complexity index is 526. The van der Waals surface area contributed by atoms with Crippen molar-refractivity contribution in [3.63, 3.8) is 0 Å². The molecule has 0 heterocycles. The third-order valence-electron chi connectivity index (χ3n) is 2.63. The van der Waals surface area contributed by atoms with Gasteiger partial charge in [0.1, 0.15) is 0 Å². The number of halogens is 3. The second-order valence-corrected chi connectivity index (χ2v) is 5.22. The molecule has 0 saturated carbocycles. The molecule has 0 unspecified atom stereocenters. The Morgan fingerprint density at radius 1 is 0.944 bits per heavy atom.